The maximum atomic E-state index is 12.7. The molecule has 1 spiro atoms. The molecule has 1 aromatic rings. The number of imide groups is 1. The van der Waals surface area contributed by atoms with E-state index < -0.39 is 5.54 Å². The van der Waals surface area contributed by atoms with Gasteiger partial charge >= 0.3 is 6.03 Å². The van der Waals surface area contributed by atoms with Crippen molar-refractivity contribution in [2.24, 2.45) is 11.3 Å². The molecule has 7 heteroatoms. The van der Waals surface area contributed by atoms with Gasteiger partial charge in [-0.05, 0) is 31.1 Å². The molecule has 0 bridgehead atoms. The van der Waals surface area contributed by atoms with Crippen LogP contribution in [0.2, 0.25) is 0 Å². The van der Waals surface area contributed by atoms with E-state index in [0.717, 1.165) is 12.8 Å². The lowest BCUT2D eigenvalue weighted by Crippen LogP contribution is -2.59. The number of hydrogen-bond acceptors (Lipinski definition) is 4. The fraction of sp³-hybridized carbons (Fsp3) is 0.733. The van der Waals surface area contributed by atoms with Gasteiger partial charge in [0.15, 0.2) is 0 Å². The summed E-state index contributed by atoms with van der Waals surface area (Å²) in [7, 11) is 0. The van der Waals surface area contributed by atoms with Crippen molar-refractivity contribution in [2.75, 3.05) is 0 Å². The second kappa shape index (κ2) is 4.79. The number of amides is 3. The van der Waals surface area contributed by atoms with Gasteiger partial charge in [-0.25, -0.2) is 14.5 Å². The first-order valence-electron chi connectivity index (χ1n) is 7.77. The summed E-state index contributed by atoms with van der Waals surface area (Å²) in [5, 5.41) is 6.98. The quantitative estimate of drug-likeness (QED) is 0.859. The van der Waals surface area contributed by atoms with Gasteiger partial charge in [-0.3, -0.25) is 9.69 Å². The monoisotopic (exact) mass is 305 g/mol. The van der Waals surface area contributed by atoms with Gasteiger partial charge in [0.05, 0.1) is 6.54 Å². The SMILES string of the molecule is CCn1ncnc1CN1C(=O)NC2(CC(C(C)(C)C)C2)C1=O. The first-order chi connectivity index (χ1) is 10.3. The van der Waals surface area contributed by atoms with Crippen molar-refractivity contribution in [3.8, 4) is 0 Å². The lowest BCUT2D eigenvalue weighted by atomic mass is 9.59. The maximum absolute atomic E-state index is 12.7. The Hall–Kier alpha value is -1.92. The summed E-state index contributed by atoms with van der Waals surface area (Å²) in [6.45, 7) is 9.32. The molecule has 1 aliphatic heterocycles. The molecule has 0 unspecified atom stereocenters. The van der Waals surface area contributed by atoms with E-state index in [1.807, 2.05) is 6.92 Å². The number of urea groups is 1. The minimum Gasteiger partial charge on any atom is -0.323 e. The van der Waals surface area contributed by atoms with Crippen molar-refractivity contribution >= 4 is 11.9 Å². The smallest absolute Gasteiger partial charge is 0.323 e. The Kier molecular flexibility index (Phi) is 3.27. The first-order valence-corrected chi connectivity index (χ1v) is 7.77. The van der Waals surface area contributed by atoms with Crippen molar-refractivity contribution in [2.45, 2.75) is 59.2 Å². The first kappa shape index (κ1) is 15.0. The highest BCUT2D eigenvalue weighted by Crippen LogP contribution is 2.50. The van der Waals surface area contributed by atoms with E-state index in [9.17, 15) is 9.59 Å². The lowest BCUT2D eigenvalue weighted by Gasteiger charge is -2.48. The summed E-state index contributed by atoms with van der Waals surface area (Å²) >= 11 is 0. The summed E-state index contributed by atoms with van der Waals surface area (Å²) in [6, 6.07) is -0.317. The van der Waals surface area contributed by atoms with Gasteiger partial charge in [-0.15, -0.1) is 0 Å². The highest BCUT2D eigenvalue weighted by atomic mass is 16.2. The molecule has 1 aliphatic carbocycles. The molecule has 7 nitrogen and oxygen atoms in total. The minimum atomic E-state index is -0.688. The largest absolute Gasteiger partial charge is 0.325 e. The van der Waals surface area contributed by atoms with Gasteiger partial charge in [0.1, 0.15) is 17.7 Å². The fourth-order valence-electron chi connectivity index (χ4n) is 3.31. The Morgan fingerprint density at radius 1 is 1.36 bits per heavy atom. The summed E-state index contributed by atoms with van der Waals surface area (Å²) in [5.74, 6) is 0.967. The van der Waals surface area contributed by atoms with E-state index in [-0.39, 0.29) is 23.9 Å². The van der Waals surface area contributed by atoms with E-state index in [2.05, 4.69) is 36.2 Å². The van der Waals surface area contributed by atoms with Crippen molar-refractivity contribution in [3.05, 3.63) is 12.2 Å². The van der Waals surface area contributed by atoms with E-state index >= 15 is 0 Å². The Morgan fingerprint density at radius 2 is 2.05 bits per heavy atom. The number of nitrogens with one attached hydrogen (secondary N) is 1. The number of aromatic nitrogens is 3. The number of aryl methyl sites for hydroxylation is 1. The standard InChI is InChI=1S/C15H23N5O2/c1-5-20-11(16-9-17-20)8-19-12(21)15(18-13(19)22)6-10(7-15)14(2,3)4/h9-10H,5-8H2,1-4H3,(H,18,22). The van der Waals surface area contributed by atoms with E-state index in [4.69, 9.17) is 0 Å². The Morgan fingerprint density at radius 3 is 2.64 bits per heavy atom. The number of hydrogen-bond donors (Lipinski definition) is 1. The van der Waals surface area contributed by atoms with Gasteiger partial charge in [0.2, 0.25) is 0 Å². The fourth-order valence-corrected chi connectivity index (χ4v) is 3.31. The highest BCUT2D eigenvalue weighted by molar-refractivity contribution is 6.07. The maximum Gasteiger partial charge on any atom is 0.325 e. The van der Waals surface area contributed by atoms with Crippen LogP contribution in [0.3, 0.4) is 0 Å². The molecule has 3 amide bonds. The molecule has 1 saturated carbocycles. The molecule has 2 heterocycles. The molecule has 0 aromatic carbocycles. The zero-order chi connectivity index (χ0) is 16.1. The third-order valence-electron chi connectivity index (χ3n) is 4.96. The van der Waals surface area contributed by atoms with Crippen LogP contribution in [0.15, 0.2) is 6.33 Å². The van der Waals surface area contributed by atoms with Crippen LogP contribution in [-0.2, 0) is 17.9 Å². The number of nitrogens with zero attached hydrogens (tertiary/aromatic N) is 4. The predicted octanol–water partition coefficient (Wildman–Crippen LogP) is 1.54. The van der Waals surface area contributed by atoms with Crippen molar-refractivity contribution in [3.63, 3.8) is 0 Å². The Labute approximate surface area is 130 Å². The molecule has 0 radical (unpaired) electrons. The molecule has 22 heavy (non-hydrogen) atoms. The topological polar surface area (TPSA) is 80.1 Å². The average molecular weight is 305 g/mol. The number of rotatable bonds is 3. The average Bonchev–Trinajstić information content (AvgIpc) is 2.93. The third-order valence-corrected chi connectivity index (χ3v) is 4.96. The highest BCUT2D eigenvalue weighted by Gasteiger charge is 2.60. The van der Waals surface area contributed by atoms with Crippen molar-refractivity contribution < 1.29 is 9.59 Å². The molecular weight excluding hydrogens is 282 g/mol. The molecule has 1 saturated heterocycles. The van der Waals surface area contributed by atoms with E-state index in [1.165, 1.54) is 11.2 Å². The molecule has 0 atom stereocenters. The summed E-state index contributed by atoms with van der Waals surface area (Å²) in [6.07, 6.45) is 2.89. The molecule has 2 fully saturated rings. The van der Waals surface area contributed by atoms with Crippen LogP contribution in [0.5, 0.6) is 0 Å². The predicted molar refractivity (Wildman–Crippen MR) is 79.7 cm³/mol. The lowest BCUT2D eigenvalue weighted by molar-refractivity contribution is -0.138. The number of carbonyl (C=O) groups is 2. The van der Waals surface area contributed by atoms with Crippen LogP contribution in [0.4, 0.5) is 4.79 Å². The van der Waals surface area contributed by atoms with Crippen LogP contribution in [0.25, 0.3) is 0 Å². The molecular formula is C15H23N5O2. The van der Waals surface area contributed by atoms with Crippen molar-refractivity contribution in [1.29, 1.82) is 0 Å². The van der Waals surface area contributed by atoms with E-state index in [1.54, 1.807) is 4.68 Å². The third kappa shape index (κ3) is 2.19. The summed E-state index contributed by atoms with van der Waals surface area (Å²) in [5.41, 5.74) is -0.530. The Bertz CT molecular complexity index is 610. The normalized spacial score (nSPS) is 28.2. The molecule has 120 valence electrons. The second-order valence-corrected chi connectivity index (χ2v) is 7.37. The van der Waals surface area contributed by atoms with Crippen LogP contribution in [-0.4, -0.2) is 37.1 Å². The summed E-state index contributed by atoms with van der Waals surface area (Å²) < 4.78 is 1.70. The van der Waals surface area contributed by atoms with Gasteiger partial charge < -0.3 is 5.32 Å². The van der Waals surface area contributed by atoms with Gasteiger partial charge in [0.25, 0.3) is 5.91 Å². The van der Waals surface area contributed by atoms with Crippen LogP contribution < -0.4 is 5.32 Å². The van der Waals surface area contributed by atoms with Crippen LogP contribution in [0, 0.1) is 11.3 Å². The zero-order valence-corrected chi connectivity index (χ0v) is 13.6. The Balaban J connectivity index is 1.74. The molecule has 1 N–H and O–H groups in total. The number of carbonyl (C=O) groups excluding carboxylic acids is 2. The molecule has 3 rings (SSSR count). The zero-order valence-electron chi connectivity index (χ0n) is 13.6. The van der Waals surface area contributed by atoms with E-state index in [0.29, 0.717) is 18.3 Å². The minimum absolute atomic E-state index is 0.122. The van der Waals surface area contributed by atoms with Crippen molar-refractivity contribution in [1.82, 2.24) is 25.0 Å². The van der Waals surface area contributed by atoms with Gasteiger partial charge in [-0.2, -0.15) is 5.10 Å². The second-order valence-electron chi connectivity index (χ2n) is 7.37. The molecule has 1 aromatic heterocycles. The van der Waals surface area contributed by atoms with Crippen LogP contribution >= 0.6 is 0 Å². The van der Waals surface area contributed by atoms with Gasteiger partial charge in [0, 0.05) is 6.54 Å². The van der Waals surface area contributed by atoms with Gasteiger partial charge in [-0.1, -0.05) is 20.8 Å². The summed E-state index contributed by atoms with van der Waals surface area (Å²) in [4.78, 5) is 30.3. The van der Waals surface area contributed by atoms with Crippen LogP contribution in [0.1, 0.15) is 46.4 Å². The molecule has 2 aliphatic rings.